The summed E-state index contributed by atoms with van der Waals surface area (Å²) in [5, 5.41) is 0. The third-order valence-corrected chi connectivity index (χ3v) is 9.38. The molecule has 0 aliphatic carbocycles. The van der Waals surface area contributed by atoms with Crippen LogP contribution in [0.15, 0.2) is 49.1 Å². The quantitative estimate of drug-likeness (QED) is 0.394. The number of aromatic nitrogens is 2. The zero-order valence-corrected chi connectivity index (χ0v) is 25.2. The van der Waals surface area contributed by atoms with Gasteiger partial charge in [0.25, 0.3) is 0 Å². The highest BCUT2D eigenvalue weighted by atomic mass is 16.5. The summed E-state index contributed by atoms with van der Waals surface area (Å²) < 4.78 is 12.8. The number of nitrogens with zero attached hydrogens (tertiary/aromatic N) is 6. The summed E-state index contributed by atoms with van der Waals surface area (Å²) >= 11 is 0. The summed E-state index contributed by atoms with van der Waals surface area (Å²) in [7, 11) is 2.15. The van der Waals surface area contributed by atoms with Crippen molar-refractivity contribution in [2.24, 2.45) is 0 Å². The maximum atomic E-state index is 12.3. The smallest absolute Gasteiger partial charge is 0.325 e. The second-order valence-electron chi connectivity index (χ2n) is 12.0. The molecule has 9 nitrogen and oxygen atoms in total. The molecule has 1 saturated heterocycles. The Morgan fingerprint density at radius 3 is 2.56 bits per heavy atom. The van der Waals surface area contributed by atoms with Gasteiger partial charge in [0.05, 0.1) is 12.6 Å². The summed E-state index contributed by atoms with van der Waals surface area (Å²) in [6.07, 6.45) is 5.28. The highest BCUT2D eigenvalue weighted by Gasteiger charge is 2.34. The molecule has 1 fully saturated rings. The molecule has 5 heterocycles. The molecule has 0 N–H and O–H groups in total. The molecule has 4 aliphatic heterocycles. The van der Waals surface area contributed by atoms with Gasteiger partial charge in [-0.15, -0.1) is 0 Å². The van der Waals surface area contributed by atoms with Crippen LogP contribution in [0.25, 0.3) is 0 Å². The summed E-state index contributed by atoms with van der Waals surface area (Å²) in [5.41, 5.74) is 6.16. The number of likely N-dealkylation sites (N-methyl/N-ethyl adjacent to an activating group) is 1. The maximum absolute atomic E-state index is 12.3. The van der Waals surface area contributed by atoms with Crippen LogP contribution < -0.4 is 19.3 Å². The number of aryl methyl sites for hydroxylation is 1. The fourth-order valence-corrected chi connectivity index (χ4v) is 7.01. The number of hydrogen-bond donors (Lipinski definition) is 0. The average Bonchev–Trinajstić information content (AvgIpc) is 3.47. The van der Waals surface area contributed by atoms with E-state index in [-0.39, 0.29) is 11.9 Å². The lowest BCUT2D eigenvalue weighted by molar-refractivity contribution is -0.126. The number of carbonyl (C=O) groups excluding carboxylic acids is 1. The van der Waals surface area contributed by atoms with E-state index in [1.165, 1.54) is 28.3 Å². The molecule has 4 aliphatic rings. The molecule has 2 aromatic carbocycles. The van der Waals surface area contributed by atoms with E-state index >= 15 is 0 Å². The fraction of sp³-hybridized carbons (Fsp3) is 0.441. The average molecular weight is 581 g/mol. The molecule has 1 amide bonds. The number of anilines is 2. The van der Waals surface area contributed by atoms with Crippen molar-refractivity contribution in [2.45, 2.75) is 45.2 Å². The van der Waals surface area contributed by atoms with Crippen molar-refractivity contribution < 1.29 is 14.3 Å². The number of carbonyl (C=O) groups is 1. The molecule has 1 unspecified atom stereocenters. The zero-order chi connectivity index (χ0) is 29.5. The van der Waals surface area contributed by atoms with Crippen LogP contribution in [0.3, 0.4) is 0 Å². The fourth-order valence-electron chi connectivity index (χ4n) is 7.01. The van der Waals surface area contributed by atoms with Gasteiger partial charge in [0, 0.05) is 62.5 Å². The van der Waals surface area contributed by atoms with E-state index in [0.29, 0.717) is 32.2 Å². The van der Waals surface area contributed by atoms with Crippen LogP contribution >= 0.6 is 0 Å². The number of hydrogen-bond acceptors (Lipinski definition) is 8. The standard InChI is InChI=1S/C34H40N6O3/c1-4-30(41)38-17-19-39(20-18-38)32-28-14-16-40(23(2)26-11-5-8-24-10-7-21-42-31(24)26)33(28)36-34(35-32)43-29-12-6-9-25-22-37(3)15-13-27(25)29/h4-6,8-9,11-12,23H,1,7,10,13-22H2,2-3H3. The number of ether oxygens (including phenoxy) is 2. The largest absolute Gasteiger partial charge is 0.493 e. The van der Waals surface area contributed by atoms with Crippen molar-refractivity contribution in [3.63, 3.8) is 0 Å². The van der Waals surface area contributed by atoms with Crippen LogP contribution in [-0.2, 0) is 30.6 Å². The van der Waals surface area contributed by atoms with Gasteiger partial charge >= 0.3 is 6.01 Å². The molecule has 3 aromatic rings. The SMILES string of the molecule is C=CC(=O)N1CCN(c2nc(Oc3cccc4c3CCN(C)C4)nc3c2CCN3C(C)c2cccc3c2OCCC3)CC1. The number of amides is 1. The van der Waals surface area contributed by atoms with E-state index in [1.54, 1.807) is 0 Å². The Balaban J connectivity index is 1.25. The monoisotopic (exact) mass is 580 g/mol. The van der Waals surface area contributed by atoms with Crippen LogP contribution in [0.5, 0.6) is 17.5 Å². The minimum Gasteiger partial charge on any atom is -0.493 e. The first-order chi connectivity index (χ1) is 21.0. The lowest BCUT2D eigenvalue weighted by atomic mass is 9.98. The number of rotatable bonds is 6. The van der Waals surface area contributed by atoms with Gasteiger partial charge in [0.15, 0.2) is 0 Å². The first kappa shape index (κ1) is 27.7. The first-order valence-electron chi connectivity index (χ1n) is 15.6. The minimum atomic E-state index is -0.0236. The normalized spacial score (nSPS) is 18.8. The summed E-state index contributed by atoms with van der Waals surface area (Å²) in [4.78, 5) is 31.3. The molecule has 1 aromatic heterocycles. The van der Waals surface area contributed by atoms with Crippen LogP contribution in [0.1, 0.15) is 47.2 Å². The third-order valence-electron chi connectivity index (χ3n) is 9.38. The van der Waals surface area contributed by atoms with Gasteiger partial charge < -0.3 is 29.1 Å². The van der Waals surface area contributed by atoms with Gasteiger partial charge in [-0.3, -0.25) is 4.79 Å². The van der Waals surface area contributed by atoms with E-state index in [4.69, 9.17) is 19.4 Å². The Labute approximate surface area is 253 Å². The number of para-hydroxylation sites is 1. The van der Waals surface area contributed by atoms with Crippen molar-refractivity contribution in [2.75, 3.05) is 62.7 Å². The predicted molar refractivity (Wildman–Crippen MR) is 167 cm³/mol. The molecular formula is C34H40N6O3. The predicted octanol–water partition coefficient (Wildman–Crippen LogP) is 4.54. The van der Waals surface area contributed by atoms with Crippen LogP contribution in [0, 0.1) is 0 Å². The highest BCUT2D eigenvalue weighted by Crippen LogP contribution is 2.43. The van der Waals surface area contributed by atoms with Crippen molar-refractivity contribution in [1.29, 1.82) is 0 Å². The Bertz CT molecular complexity index is 1550. The number of fused-ring (bicyclic) bond motifs is 3. The zero-order valence-electron chi connectivity index (χ0n) is 25.2. The van der Waals surface area contributed by atoms with E-state index in [2.05, 4.69) is 65.6 Å². The number of benzene rings is 2. The summed E-state index contributed by atoms with van der Waals surface area (Å²) in [6.45, 7) is 12.1. The van der Waals surface area contributed by atoms with Gasteiger partial charge in [0.1, 0.15) is 23.1 Å². The molecule has 0 bridgehead atoms. The molecule has 0 spiro atoms. The van der Waals surface area contributed by atoms with Gasteiger partial charge in [-0.1, -0.05) is 36.9 Å². The lowest BCUT2D eigenvalue weighted by Crippen LogP contribution is -2.48. The van der Waals surface area contributed by atoms with Gasteiger partial charge in [-0.05, 0) is 62.9 Å². The lowest BCUT2D eigenvalue weighted by Gasteiger charge is -2.36. The molecule has 0 radical (unpaired) electrons. The van der Waals surface area contributed by atoms with Crippen LogP contribution in [0.2, 0.25) is 0 Å². The van der Waals surface area contributed by atoms with Gasteiger partial charge in [-0.25, -0.2) is 0 Å². The molecule has 224 valence electrons. The number of piperazine rings is 1. The first-order valence-corrected chi connectivity index (χ1v) is 15.6. The van der Waals surface area contributed by atoms with Crippen molar-refractivity contribution >= 4 is 17.5 Å². The van der Waals surface area contributed by atoms with Crippen molar-refractivity contribution in [3.8, 4) is 17.5 Å². The maximum Gasteiger partial charge on any atom is 0.325 e. The Morgan fingerprint density at radius 2 is 1.72 bits per heavy atom. The van der Waals surface area contributed by atoms with E-state index in [0.717, 1.165) is 80.6 Å². The topological polar surface area (TPSA) is 74.3 Å². The van der Waals surface area contributed by atoms with E-state index in [1.807, 2.05) is 11.0 Å². The highest BCUT2D eigenvalue weighted by molar-refractivity contribution is 5.87. The van der Waals surface area contributed by atoms with Crippen molar-refractivity contribution in [1.82, 2.24) is 19.8 Å². The van der Waals surface area contributed by atoms with Gasteiger partial charge in [-0.2, -0.15) is 9.97 Å². The summed E-state index contributed by atoms with van der Waals surface area (Å²) in [5.74, 6) is 3.68. The third kappa shape index (κ3) is 5.20. The molecule has 9 heteroatoms. The molecule has 7 rings (SSSR count). The Hall–Kier alpha value is -4.11. The molecule has 43 heavy (non-hydrogen) atoms. The second-order valence-corrected chi connectivity index (χ2v) is 12.0. The Kier molecular flexibility index (Phi) is 7.43. The minimum absolute atomic E-state index is 0.0236. The van der Waals surface area contributed by atoms with Gasteiger partial charge in [0.2, 0.25) is 5.91 Å². The second kappa shape index (κ2) is 11.5. The molecule has 1 atom stereocenters. The van der Waals surface area contributed by atoms with Crippen LogP contribution in [-0.4, -0.2) is 78.6 Å². The summed E-state index contributed by atoms with van der Waals surface area (Å²) in [6, 6.07) is 13.2. The molecular weight excluding hydrogens is 540 g/mol. The van der Waals surface area contributed by atoms with E-state index < -0.39 is 0 Å². The van der Waals surface area contributed by atoms with Crippen molar-refractivity contribution in [3.05, 3.63) is 76.9 Å². The van der Waals surface area contributed by atoms with Crippen LogP contribution in [0.4, 0.5) is 11.6 Å². The molecule has 0 saturated carbocycles. The van der Waals surface area contributed by atoms with E-state index in [9.17, 15) is 4.79 Å². The Morgan fingerprint density at radius 1 is 0.953 bits per heavy atom.